The topological polar surface area (TPSA) is 98.6 Å². The Morgan fingerprint density at radius 1 is 1.16 bits per heavy atom. The van der Waals surface area contributed by atoms with Gasteiger partial charge < -0.3 is 19.9 Å². The second kappa shape index (κ2) is 12.0. The standard InChI is InChI=1S/C33H30FN5O3S/c1-20-6-3-8-25(34)30(20)37-32(40)28-17-22-13-15-39(27-16-21(18-35)11-12-24(27)31(22)43-28)33(41)26-9-4-10-29(36-26)38-14-5-7-23(38)19-42-2/h3-4,6,8-12,16-17,23H,5,7,13-15,19H2,1-2H3,(H,37,40)/t23-/m1/s1. The first-order chi connectivity index (χ1) is 20.9. The molecule has 1 atom stereocenters. The highest BCUT2D eigenvalue weighted by molar-refractivity contribution is 7.17. The number of thiophene rings is 1. The van der Waals surface area contributed by atoms with Crippen LogP contribution in [-0.2, 0) is 11.2 Å². The quantitative estimate of drug-likeness (QED) is 0.285. The molecule has 2 amide bonds. The molecule has 0 spiro atoms. The summed E-state index contributed by atoms with van der Waals surface area (Å²) in [5.74, 6) is -0.411. The number of carbonyl (C=O) groups excluding carboxylic acids is 2. The lowest BCUT2D eigenvalue weighted by Gasteiger charge is -2.26. The van der Waals surface area contributed by atoms with Gasteiger partial charge in [-0.15, -0.1) is 11.3 Å². The van der Waals surface area contributed by atoms with Crippen molar-refractivity contribution >= 4 is 40.3 Å². The summed E-state index contributed by atoms with van der Waals surface area (Å²) >= 11 is 1.29. The minimum Gasteiger partial charge on any atom is -0.383 e. The zero-order valence-electron chi connectivity index (χ0n) is 23.9. The molecule has 1 fully saturated rings. The van der Waals surface area contributed by atoms with Crippen LogP contribution in [0.1, 0.15) is 49.7 Å². The number of pyridine rings is 1. The molecule has 43 heavy (non-hydrogen) atoms. The van der Waals surface area contributed by atoms with E-state index in [1.54, 1.807) is 49.3 Å². The number of hydrogen-bond donors (Lipinski definition) is 1. The van der Waals surface area contributed by atoms with Gasteiger partial charge in [0, 0.05) is 30.6 Å². The average Bonchev–Trinajstić information content (AvgIpc) is 3.63. The second-order valence-corrected chi connectivity index (χ2v) is 11.8. The number of carbonyl (C=O) groups is 2. The number of anilines is 3. The molecule has 0 unspecified atom stereocenters. The number of nitriles is 1. The lowest BCUT2D eigenvalue weighted by Crippen LogP contribution is -2.35. The first-order valence-corrected chi connectivity index (χ1v) is 15.0. The van der Waals surface area contributed by atoms with E-state index in [9.17, 15) is 19.2 Å². The summed E-state index contributed by atoms with van der Waals surface area (Å²) in [6, 6.07) is 19.6. The molecule has 8 nitrogen and oxygen atoms in total. The van der Waals surface area contributed by atoms with Crippen LogP contribution in [-0.4, -0.2) is 49.6 Å². The van der Waals surface area contributed by atoms with E-state index in [0.29, 0.717) is 47.0 Å². The van der Waals surface area contributed by atoms with E-state index in [4.69, 9.17) is 9.72 Å². The number of halogens is 1. The molecule has 0 saturated carbocycles. The predicted octanol–water partition coefficient (Wildman–Crippen LogP) is 6.20. The number of ether oxygens (including phenoxy) is 1. The van der Waals surface area contributed by atoms with Gasteiger partial charge >= 0.3 is 0 Å². The molecule has 6 rings (SSSR count). The molecule has 0 radical (unpaired) electrons. The van der Waals surface area contributed by atoms with E-state index in [2.05, 4.69) is 16.3 Å². The minimum absolute atomic E-state index is 0.157. The summed E-state index contributed by atoms with van der Waals surface area (Å²) in [6.45, 7) is 3.52. The zero-order chi connectivity index (χ0) is 30.1. The summed E-state index contributed by atoms with van der Waals surface area (Å²) < 4.78 is 19.8. The minimum atomic E-state index is -0.494. The Morgan fingerprint density at radius 3 is 2.79 bits per heavy atom. The Labute approximate surface area is 253 Å². The van der Waals surface area contributed by atoms with Crippen molar-refractivity contribution in [2.45, 2.75) is 32.2 Å². The molecule has 2 aliphatic heterocycles. The predicted molar refractivity (Wildman–Crippen MR) is 165 cm³/mol. The van der Waals surface area contributed by atoms with Crippen molar-refractivity contribution in [1.29, 1.82) is 5.26 Å². The normalized spacial score (nSPS) is 15.8. The first-order valence-electron chi connectivity index (χ1n) is 14.2. The number of aryl methyl sites for hydroxylation is 1. The van der Waals surface area contributed by atoms with Gasteiger partial charge in [0.25, 0.3) is 11.8 Å². The van der Waals surface area contributed by atoms with E-state index in [1.165, 1.54) is 17.4 Å². The molecule has 4 heterocycles. The highest BCUT2D eigenvalue weighted by atomic mass is 32.1. The summed E-state index contributed by atoms with van der Waals surface area (Å²) in [4.78, 5) is 37.2. The van der Waals surface area contributed by atoms with E-state index in [1.807, 2.05) is 24.3 Å². The second-order valence-electron chi connectivity index (χ2n) is 10.7. The molecule has 10 heteroatoms. The Balaban J connectivity index is 1.33. The molecular formula is C33H30FN5O3S. The van der Waals surface area contributed by atoms with Crippen LogP contribution in [0.2, 0.25) is 0 Å². The van der Waals surface area contributed by atoms with Crippen molar-refractivity contribution in [3.63, 3.8) is 0 Å². The Hall–Kier alpha value is -4.59. The monoisotopic (exact) mass is 595 g/mol. The van der Waals surface area contributed by atoms with E-state index in [-0.39, 0.29) is 17.6 Å². The number of rotatable bonds is 6. The van der Waals surface area contributed by atoms with Gasteiger partial charge in [0.15, 0.2) is 0 Å². The van der Waals surface area contributed by atoms with Crippen molar-refractivity contribution in [3.05, 3.63) is 93.7 Å². The van der Waals surface area contributed by atoms with Crippen molar-refractivity contribution in [2.75, 3.05) is 41.9 Å². The molecular weight excluding hydrogens is 565 g/mol. The van der Waals surface area contributed by atoms with Gasteiger partial charge in [0.1, 0.15) is 17.3 Å². The third-order valence-corrected chi connectivity index (χ3v) is 9.20. The van der Waals surface area contributed by atoms with Crippen molar-refractivity contribution in [2.24, 2.45) is 0 Å². The number of hydrogen-bond acceptors (Lipinski definition) is 7. The van der Waals surface area contributed by atoms with Crippen molar-refractivity contribution in [3.8, 4) is 16.5 Å². The number of amides is 2. The number of aromatic nitrogens is 1. The fourth-order valence-electron chi connectivity index (χ4n) is 5.84. The zero-order valence-corrected chi connectivity index (χ0v) is 24.7. The van der Waals surface area contributed by atoms with E-state index in [0.717, 1.165) is 41.2 Å². The van der Waals surface area contributed by atoms with Gasteiger partial charge in [-0.2, -0.15) is 5.26 Å². The van der Waals surface area contributed by atoms with Crippen LogP contribution in [0.3, 0.4) is 0 Å². The molecule has 1 saturated heterocycles. The number of nitrogens with zero attached hydrogens (tertiary/aromatic N) is 4. The van der Waals surface area contributed by atoms with Crippen molar-refractivity contribution in [1.82, 2.24) is 4.98 Å². The third-order valence-electron chi connectivity index (χ3n) is 7.99. The third kappa shape index (κ3) is 5.49. The smallest absolute Gasteiger partial charge is 0.276 e. The van der Waals surface area contributed by atoms with E-state index < -0.39 is 11.7 Å². The highest BCUT2D eigenvalue weighted by Gasteiger charge is 2.30. The van der Waals surface area contributed by atoms with Gasteiger partial charge in [0.2, 0.25) is 0 Å². The van der Waals surface area contributed by atoms with Crippen LogP contribution in [0.15, 0.2) is 60.7 Å². The maximum Gasteiger partial charge on any atom is 0.276 e. The molecule has 0 bridgehead atoms. The molecule has 4 aromatic rings. The number of benzene rings is 2. The molecule has 0 aliphatic carbocycles. The van der Waals surface area contributed by atoms with Gasteiger partial charge in [-0.3, -0.25) is 9.59 Å². The fourth-order valence-corrected chi connectivity index (χ4v) is 6.98. The number of fused-ring (bicyclic) bond motifs is 3. The van der Waals surface area contributed by atoms with Gasteiger partial charge in [-0.05, 0) is 73.7 Å². The van der Waals surface area contributed by atoms with Crippen LogP contribution in [0.25, 0.3) is 10.4 Å². The molecule has 2 aliphatic rings. The number of nitrogens with one attached hydrogen (secondary N) is 1. The number of methoxy groups -OCH3 is 1. The summed E-state index contributed by atoms with van der Waals surface area (Å²) in [5, 5.41) is 12.4. The van der Waals surface area contributed by atoms with Gasteiger partial charge in [-0.1, -0.05) is 24.3 Å². The maximum absolute atomic E-state index is 14.4. The van der Waals surface area contributed by atoms with Crippen LogP contribution < -0.4 is 15.1 Å². The SMILES string of the molecule is COC[C@H]1CCCN1c1cccc(C(=O)N2CCc3cc(C(=O)Nc4c(C)cccc4F)sc3-c3ccc(C#N)cc32)n1. The Kier molecular flexibility index (Phi) is 7.93. The molecule has 2 aromatic heterocycles. The Bertz CT molecular complexity index is 1740. The van der Waals surface area contributed by atoms with Crippen molar-refractivity contribution < 1.29 is 18.7 Å². The first kappa shape index (κ1) is 28.5. The van der Waals surface area contributed by atoms with Crippen LogP contribution in [0.4, 0.5) is 21.6 Å². The van der Waals surface area contributed by atoms with Gasteiger partial charge in [0.05, 0.1) is 40.5 Å². The van der Waals surface area contributed by atoms with Crippen LogP contribution in [0.5, 0.6) is 0 Å². The average molecular weight is 596 g/mol. The Morgan fingerprint density at radius 2 is 2.00 bits per heavy atom. The summed E-state index contributed by atoms with van der Waals surface area (Å²) in [7, 11) is 1.69. The summed E-state index contributed by atoms with van der Waals surface area (Å²) in [5.41, 5.74) is 3.78. The van der Waals surface area contributed by atoms with Gasteiger partial charge in [-0.25, -0.2) is 9.37 Å². The molecule has 2 aromatic carbocycles. The number of para-hydroxylation sites is 1. The lowest BCUT2D eigenvalue weighted by atomic mass is 10.0. The highest BCUT2D eigenvalue weighted by Crippen LogP contribution is 2.42. The fraction of sp³-hybridized carbons (Fsp3) is 0.273. The van der Waals surface area contributed by atoms with Crippen LogP contribution in [0, 0.1) is 24.1 Å². The lowest BCUT2D eigenvalue weighted by molar-refractivity contribution is 0.0981. The maximum atomic E-state index is 14.4. The van der Waals surface area contributed by atoms with Crippen LogP contribution >= 0.6 is 11.3 Å². The van der Waals surface area contributed by atoms with E-state index >= 15 is 0 Å². The molecule has 1 N–H and O–H groups in total. The molecule has 218 valence electrons. The largest absolute Gasteiger partial charge is 0.383 e. The summed E-state index contributed by atoms with van der Waals surface area (Å²) in [6.07, 6.45) is 2.53.